The molecule has 7 nitrogen and oxygen atoms in total. The Hall–Kier alpha value is -1.89. The zero-order valence-corrected chi connectivity index (χ0v) is 11.6. The Morgan fingerprint density at radius 1 is 1.16 bits per heavy atom. The maximum absolute atomic E-state index is 11.4. The molecule has 0 bridgehead atoms. The molecule has 0 saturated carbocycles. The average Bonchev–Trinajstić information content (AvgIpc) is 2.20. The van der Waals surface area contributed by atoms with Gasteiger partial charge in [0.2, 0.25) is 0 Å². The van der Waals surface area contributed by atoms with E-state index in [-0.39, 0.29) is 23.1 Å². The SMILES string of the molecule is C=C(C)C(=O)OCCC(C(=O)O)(C(=O)O)[N+](C)(C)C. The molecule has 0 radical (unpaired) electrons. The number of esters is 1. The molecule has 0 aromatic heterocycles. The van der Waals surface area contributed by atoms with Crippen LogP contribution in [0.3, 0.4) is 0 Å². The maximum atomic E-state index is 11.4. The van der Waals surface area contributed by atoms with Gasteiger partial charge in [-0.2, -0.15) is 0 Å². The lowest BCUT2D eigenvalue weighted by molar-refractivity contribution is -0.904. The lowest BCUT2D eigenvalue weighted by Crippen LogP contribution is -2.67. The lowest BCUT2D eigenvalue weighted by Gasteiger charge is -2.39. The molecule has 0 aromatic rings. The first kappa shape index (κ1) is 17.1. The van der Waals surface area contributed by atoms with Crippen LogP contribution in [-0.4, -0.2) is 65.9 Å². The number of carbonyl (C=O) groups excluding carboxylic acids is 1. The molecule has 0 atom stereocenters. The van der Waals surface area contributed by atoms with Gasteiger partial charge in [0.1, 0.15) is 0 Å². The number of carboxylic acids is 2. The standard InChI is InChI=1S/C12H19NO6/c1-8(2)9(14)19-7-6-12(10(15)16,11(17)18)13(3,4)5/h1,6-7H2,2-5H3,(H-,15,16,17,18)/p+1. The van der Waals surface area contributed by atoms with Crippen LogP contribution in [0.4, 0.5) is 0 Å². The summed E-state index contributed by atoms with van der Waals surface area (Å²) >= 11 is 0. The second-order valence-corrected chi connectivity index (χ2v) is 5.15. The number of rotatable bonds is 7. The molecule has 0 unspecified atom stereocenters. The van der Waals surface area contributed by atoms with Crippen molar-refractivity contribution in [1.82, 2.24) is 0 Å². The monoisotopic (exact) mass is 274 g/mol. The van der Waals surface area contributed by atoms with Gasteiger partial charge >= 0.3 is 17.9 Å². The number of likely N-dealkylation sites (N-methyl/N-ethyl adjacent to an activating group) is 1. The van der Waals surface area contributed by atoms with Crippen LogP contribution in [-0.2, 0) is 19.1 Å². The van der Waals surface area contributed by atoms with Gasteiger partial charge in [-0.05, 0) is 6.92 Å². The van der Waals surface area contributed by atoms with Gasteiger partial charge in [0, 0.05) is 5.57 Å². The van der Waals surface area contributed by atoms with E-state index in [1.807, 2.05) is 0 Å². The highest BCUT2D eigenvalue weighted by Crippen LogP contribution is 2.24. The minimum atomic E-state index is -2.07. The van der Waals surface area contributed by atoms with Gasteiger partial charge in [0.05, 0.1) is 34.2 Å². The first-order chi connectivity index (χ1) is 8.46. The number of nitrogens with zero attached hydrogens (tertiary/aromatic N) is 1. The fourth-order valence-electron chi connectivity index (χ4n) is 1.63. The fraction of sp³-hybridized carbons (Fsp3) is 0.583. The number of aliphatic carboxylic acids is 2. The van der Waals surface area contributed by atoms with Crippen molar-refractivity contribution in [3.05, 3.63) is 12.2 Å². The van der Waals surface area contributed by atoms with Crippen molar-refractivity contribution in [2.75, 3.05) is 27.7 Å². The van der Waals surface area contributed by atoms with E-state index in [1.165, 1.54) is 28.1 Å². The second-order valence-electron chi connectivity index (χ2n) is 5.15. The minimum absolute atomic E-state index is 0.168. The van der Waals surface area contributed by atoms with Gasteiger partial charge in [-0.1, -0.05) is 6.58 Å². The molecule has 0 spiro atoms. The Kier molecular flexibility index (Phi) is 5.25. The number of quaternary nitrogens is 1. The molecule has 0 aliphatic carbocycles. The Morgan fingerprint density at radius 2 is 1.58 bits per heavy atom. The summed E-state index contributed by atoms with van der Waals surface area (Å²) in [6.07, 6.45) is -0.333. The van der Waals surface area contributed by atoms with E-state index >= 15 is 0 Å². The third-order valence-electron chi connectivity index (χ3n) is 2.90. The molecular formula is C12H20NO6+. The normalized spacial score (nSPS) is 11.8. The fourth-order valence-corrected chi connectivity index (χ4v) is 1.63. The summed E-state index contributed by atoms with van der Waals surface area (Å²) in [4.78, 5) is 33.9. The van der Waals surface area contributed by atoms with Crippen LogP contribution < -0.4 is 0 Å². The van der Waals surface area contributed by atoms with Gasteiger partial charge in [-0.15, -0.1) is 0 Å². The Morgan fingerprint density at radius 3 is 1.84 bits per heavy atom. The van der Waals surface area contributed by atoms with Crippen LogP contribution >= 0.6 is 0 Å². The quantitative estimate of drug-likeness (QED) is 0.296. The van der Waals surface area contributed by atoms with Crippen molar-refractivity contribution in [3.8, 4) is 0 Å². The summed E-state index contributed by atoms with van der Waals surface area (Å²) in [7, 11) is 4.38. The van der Waals surface area contributed by atoms with Crippen LogP contribution in [0.15, 0.2) is 12.2 Å². The summed E-state index contributed by atoms with van der Waals surface area (Å²) < 4.78 is 4.45. The number of hydrogen-bond acceptors (Lipinski definition) is 4. The van der Waals surface area contributed by atoms with Gasteiger partial charge in [0.25, 0.3) is 5.54 Å². The molecule has 0 rings (SSSR count). The van der Waals surface area contributed by atoms with Crippen molar-refractivity contribution in [1.29, 1.82) is 0 Å². The Balaban J connectivity index is 5.10. The molecule has 7 heteroatoms. The van der Waals surface area contributed by atoms with Gasteiger partial charge in [0.15, 0.2) is 0 Å². The number of ether oxygens (including phenoxy) is 1. The van der Waals surface area contributed by atoms with Crippen LogP contribution in [0.25, 0.3) is 0 Å². The number of carbonyl (C=O) groups is 3. The number of carboxylic acid groups (broad SMARTS) is 2. The first-order valence-corrected chi connectivity index (χ1v) is 5.57. The van der Waals surface area contributed by atoms with Crippen molar-refractivity contribution >= 4 is 17.9 Å². The Bertz CT molecular complexity index is 393. The van der Waals surface area contributed by atoms with Crippen LogP contribution in [0.5, 0.6) is 0 Å². The molecule has 108 valence electrons. The van der Waals surface area contributed by atoms with Crippen LogP contribution in [0.2, 0.25) is 0 Å². The van der Waals surface area contributed by atoms with E-state index < -0.39 is 23.4 Å². The summed E-state index contributed by atoms with van der Waals surface area (Å²) in [6, 6.07) is 0. The van der Waals surface area contributed by atoms with Crippen LogP contribution in [0, 0.1) is 0 Å². The molecule has 0 aliphatic heterocycles. The second kappa shape index (κ2) is 5.83. The molecule has 0 aromatic carbocycles. The van der Waals surface area contributed by atoms with Crippen LogP contribution in [0.1, 0.15) is 13.3 Å². The summed E-state index contributed by atoms with van der Waals surface area (Å²) in [6.45, 7) is 4.52. The van der Waals surface area contributed by atoms with E-state index in [1.54, 1.807) is 0 Å². The first-order valence-electron chi connectivity index (χ1n) is 5.57. The molecular weight excluding hydrogens is 254 g/mol. The van der Waals surface area contributed by atoms with Crippen molar-refractivity contribution in [3.63, 3.8) is 0 Å². The molecule has 0 amide bonds. The molecule has 0 aliphatic rings. The zero-order valence-electron chi connectivity index (χ0n) is 11.6. The summed E-state index contributed by atoms with van der Waals surface area (Å²) in [5.41, 5.74) is -1.91. The highest BCUT2D eigenvalue weighted by Gasteiger charge is 2.58. The maximum Gasteiger partial charge on any atom is 0.378 e. The van der Waals surface area contributed by atoms with Gasteiger partial charge < -0.3 is 19.4 Å². The lowest BCUT2D eigenvalue weighted by atomic mass is 9.92. The predicted molar refractivity (Wildman–Crippen MR) is 66.4 cm³/mol. The highest BCUT2D eigenvalue weighted by atomic mass is 16.5. The summed E-state index contributed by atoms with van der Waals surface area (Å²) in [5, 5.41) is 18.5. The highest BCUT2D eigenvalue weighted by molar-refractivity contribution is 6.01. The molecule has 0 fully saturated rings. The van der Waals surface area contributed by atoms with E-state index in [9.17, 15) is 24.6 Å². The van der Waals surface area contributed by atoms with E-state index in [2.05, 4.69) is 6.58 Å². The van der Waals surface area contributed by atoms with E-state index in [0.29, 0.717) is 0 Å². The minimum Gasteiger partial charge on any atom is -0.476 e. The largest absolute Gasteiger partial charge is 0.476 e. The predicted octanol–water partition coefficient (Wildman–Crippen LogP) is 0.110. The molecule has 2 N–H and O–H groups in total. The number of hydrogen-bond donors (Lipinski definition) is 2. The molecule has 19 heavy (non-hydrogen) atoms. The van der Waals surface area contributed by atoms with Gasteiger partial charge in [-0.3, -0.25) is 0 Å². The topological polar surface area (TPSA) is 101 Å². The third-order valence-corrected chi connectivity index (χ3v) is 2.90. The average molecular weight is 274 g/mol. The third kappa shape index (κ3) is 3.54. The van der Waals surface area contributed by atoms with Crippen molar-refractivity contribution < 1.29 is 33.8 Å². The zero-order chi connectivity index (χ0) is 15.4. The molecule has 0 heterocycles. The van der Waals surface area contributed by atoms with Crippen molar-refractivity contribution in [2.45, 2.75) is 18.9 Å². The summed E-state index contributed by atoms with van der Waals surface area (Å²) in [5.74, 6) is -3.62. The van der Waals surface area contributed by atoms with E-state index in [4.69, 9.17) is 4.74 Å². The van der Waals surface area contributed by atoms with Gasteiger partial charge in [-0.25, -0.2) is 14.4 Å². The Labute approximate surface area is 111 Å². The van der Waals surface area contributed by atoms with E-state index in [0.717, 1.165) is 0 Å². The molecule has 0 saturated heterocycles. The van der Waals surface area contributed by atoms with Crippen molar-refractivity contribution in [2.24, 2.45) is 0 Å². The smallest absolute Gasteiger partial charge is 0.378 e.